The smallest absolute Gasteiger partial charge is 0.471 e. The van der Waals surface area contributed by atoms with Crippen LogP contribution in [0.25, 0.3) is 10.9 Å². The second-order valence-corrected chi connectivity index (χ2v) is 5.81. The van der Waals surface area contributed by atoms with Gasteiger partial charge in [0.2, 0.25) is 0 Å². The summed E-state index contributed by atoms with van der Waals surface area (Å²) in [5.41, 5.74) is 0.674. The molecule has 128 valence electrons. The summed E-state index contributed by atoms with van der Waals surface area (Å²) in [4.78, 5) is 20.0. The van der Waals surface area contributed by atoms with Crippen molar-refractivity contribution in [3.63, 3.8) is 0 Å². The van der Waals surface area contributed by atoms with Crippen molar-refractivity contribution in [1.82, 2.24) is 14.9 Å². The van der Waals surface area contributed by atoms with Gasteiger partial charge in [-0.15, -0.1) is 0 Å². The Morgan fingerprint density at radius 3 is 2.62 bits per heavy atom. The van der Waals surface area contributed by atoms with E-state index in [2.05, 4.69) is 9.97 Å². The van der Waals surface area contributed by atoms with Crippen molar-refractivity contribution < 1.29 is 22.7 Å². The summed E-state index contributed by atoms with van der Waals surface area (Å²) in [6.07, 6.45) is -3.07. The van der Waals surface area contributed by atoms with E-state index in [1.54, 1.807) is 18.2 Å². The Bertz CT molecular complexity index is 761. The SMILES string of the molecule is O=C(N1CCC(Oc2ccc3ncnc(Cl)c3c2)CC1)C(F)(F)F. The summed E-state index contributed by atoms with van der Waals surface area (Å²) in [5.74, 6) is -1.25. The summed E-state index contributed by atoms with van der Waals surface area (Å²) in [6, 6.07) is 5.16. The lowest BCUT2D eigenvalue weighted by Crippen LogP contribution is -2.47. The Hall–Kier alpha value is -2.09. The lowest BCUT2D eigenvalue weighted by Gasteiger charge is -2.32. The highest BCUT2D eigenvalue weighted by molar-refractivity contribution is 6.34. The topological polar surface area (TPSA) is 55.3 Å². The van der Waals surface area contributed by atoms with Crippen LogP contribution in [0.4, 0.5) is 13.2 Å². The first kappa shape index (κ1) is 16.8. The van der Waals surface area contributed by atoms with Gasteiger partial charge in [0, 0.05) is 31.3 Å². The van der Waals surface area contributed by atoms with E-state index < -0.39 is 12.1 Å². The summed E-state index contributed by atoms with van der Waals surface area (Å²) < 4.78 is 43.0. The minimum Gasteiger partial charge on any atom is -0.490 e. The van der Waals surface area contributed by atoms with Gasteiger partial charge in [0.15, 0.2) is 0 Å². The molecule has 0 spiro atoms. The van der Waals surface area contributed by atoms with Crippen LogP contribution in [0.2, 0.25) is 5.15 Å². The molecule has 24 heavy (non-hydrogen) atoms. The van der Waals surface area contributed by atoms with Gasteiger partial charge in [0.1, 0.15) is 23.3 Å². The third-order valence-corrected chi connectivity index (χ3v) is 4.13. The molecule has 2 aromatic rings. The van der Waals surface area contributed by atoms with Gasteiger partial charge in [-0.1, -0.05) is 11.6 Å². The fourth-order valence-electron chi connectivity index (χ4n) is 2.63. The highest BCUT2D eigenvalue weighted by Crippen LogP contribution is 2.27. The Morgan fingerprint density at radius 2 is 1.96 bits per heavy atom. The molecule has 1 aromatic heterocycles. The number of nitrogens with zero attached hydrogens (tertiary/aromatic N) is 3. The van der Waals surface area contributed by atoms with E-state index in [9.17, 15) is 18.0 Å². The lowest BCUT2D eigenvalue weighted by atomic mass is 10.1. The van der Waals surface area contributed by atoms with Crippen LogP contribution in [0.15, 0.2) is 24.5 Å². The van der Waals surface area contributed by atoms with E-state index in [4.69, 9.17) is 16.3 Å². The zero-order valence-electron chi connectivity index (χ0n) is 12.4. The Labute approximate surface area is 140 Å². The maximum atomic E-state index is 12.4. The average Bonchev–Trinajstić information content (AvgIpc) is 2.55. The van der Waals surface area contributed by atoms with Crippen molar-refractivity contribution in [2.24, 2.45) is 0 Å². The molecule has 1 aliphatic heterocycles. The minimum absolute atomic E-state index is 0.0143. The molecule has 5 nitrogen and oxygen atoms in total. The summed E-state index contributed by atoms with van der Waals surface area (Å²) in [7, 11) is 0. The monoisotopic (exact) mass is 359 g/mol. The van der Waals surface area contributed by atoms with Crippen molar-refractivity contribution in [2.45, 2.75) is 25.1 Å². The van der Waals surface area contributed by atoms with Crippen molar-refractivity contribution >= 4 is 28.4 Å². The van der Waals surface area contributed by atoms with E-state index in [-0.39, 0.29) is 19.2 Å². The number of ether oxygens (including phenoxy) is 1. The van der Waals surface area contributed by atoms with Crippen LogP contribution in [-0.2, 0) is 4.79 Å². The normalized spacial score (nSPS) is 16.4. The van der Waals surface area contributed by atoms with Gasteiger partial charge in [-0.2, -0.15) is 13.2 Å². The number of aromatic nitrogens is 2. The lowest BCUT2D eigenvalue weighted by molar-refractivity contribution is -0.187. The summed E-state index contributed by atoms with van der Waals surface area (Å²) in [6.45, 7) is 0.0287. The molecule has 0 radical (unpaired) electrons. The number of likely N-dealkylation sites (tertiary alicyclic amines) is 1. The van der Waals surface area contributed by atoms with E-state index >= 15 is 0 Å². The molecule has 1 amide bonds. The van der Waals surface area contributed by atoms with Crippen LogP contribution in [0, 0.1) is 0 Å². The second-order valence-electron chi connectivity index (χ2n) is 5.45. The molecule has 1 aliphatic rings. The van der Waals surface area contributed by atoms with E-state index in [1.807, 2.05) is 0 Å². The first-order chi connectivity index (χ1) is 11.3. The molecular formula is C15H13ClF3N3O2. The highest BCUT2D eigenvalue weighted by atomic mass is 35.5. The van der Waals surface area contributed by atoms with Crippen LogP contribution in [0.3, 0.4) is 0 Å². The molecule has 1 fully saturated rings. The van der Waals surface area contributed by atoms with Gasteiger partial charge in [0.25, 0.3) is 0 Å². The Balaban J connectivity index is 1.64. The first-order valence-electron chi connectivity index (χ1n) is 7.27. The van der Waals surface area contributed by atoms with Crippen molar-refractivity contribution in [3.05, 3.63) is 29.7 Å². The molecule has 2 heterocycles. The largest absolute Gasteiger partial charge is 0.490 e. The molecule has 0 aliphatic carbocycles. The summed E-state index contributed by atoms with van der Waals surface area (Å²) >= 11 is 6.01. The van der Waals surface area contributed by atoms with Gasteiger partial charge < -0.3 is 9.64 Å². The number of rotatable bonds is 2. The number of hydrogen-bond donors (Lipinski definition) is 0. The number of benzene rings is 1. The molecule has 0 bridgehead atoms. The number of alkyl halides is 3. The fraction of sp³-hybridized carbons (Fsp3) is 0.400. The molecule has 0 saturated carbocycles. The molecular weight excluding hydrogens is 347 g/mol. The number of amides is 1. The number of halogens is 4. The molecule has 3 rings (SSSR count). The molecule has 0 N–H and O–H groups in total. The quantitative estimate of drug-likeness (QED) is 0.773. The fourth-order valence-corrected chi connectivity index (χ4v) is 2.82. The van der Waals surface area contributed by atoms with Crippen LogP contribution >= 0.6 is 11.6 Å². The first-order valence-corrected chi connectivity index (χ1v) is 7.65. The third kappa shape index (κ3) is 3.53. The maximum Gasteiger partial charge on any atom is 0.471 e. The molecule has 1 aromatic carbocycles. The predicted octanol–water partition coefficient (Wildman–Crippen LogP) is 3.22. The zero-order valence-corrected chi connectivity index (χ0v) is 13.1. The van der Waals surface area contributed by atoms with Crippen LogP contribution in [0.5, 0.6) is 5.75 Å². The van der Waals surface area contributed by atoms with Crippen molar-refractivity contribution in [3.8, 4) is 5.75 Å². The van der Waals surface area contributed by atoms with Crippen LogP contribution in [0.1, 0.15) is 12.8 Å². The highest BCUT2D eigenvalue weighted by Gasteiger charge is 2.43. The number of carbonyl (C=O) groups is 1. The minimum atomic E-state index is -4.83. The number of piperidine rings is 1. The van der Waals surface area contributed by atoms with Crippen molar-refractivity contribution in [2.75, 3.05) is 13.1 Å². The van der Waals surface area contributed by atoms with Gasteiger partial charge >= 0.3 is 12.1 Å². The van der Waals surface area contributed by atoms with E-state index in [1.165, 1.54) is 6.33 Å². The van der Waals surface area contributed by atoms with E-state index in [0.29, 0.717) is 34.6 Å². The number of carbonyl (C=O) groups excluding carboxylic acids is 1. The molecule has 1 saturated heterocycles. The maximum absolute atomic E-state index is 12.4. The number of fused-ring (bicyclic) bond motifs is 1. The number of hydrogen-bond acceptors (Lipinski definition) is 4. The Kier molecular flexibility index (Phi) is 4.49. The van der Waals surface area contributed by atoms with E-state index in [0.717, 1.165) is 4.90 Å². The average molecular weight is 360 g/mol. The zero-order chi connectivity index (χ0) is 17.3. The second kappa shape index (κ2) is 6.43. The standard InChI is InChI=1S/C15H13ClF3N3O2/c16-13-11-7-10(1-2-12(11)20-8-21-13)24-9-3-5-22(6-4-9)14(23)15(17,18)19/h1-2,7-9H,3-6H2. The Morgan fingerprint density at radius 1 is 1.25 bits per heavy atom. The predicted molar refractivity (Wildman–Crippen MR) is 80.8 cm³/mol. The van der Waals surface area contributed by atoms with Gasteiger partial charge in [-0.05, 0) is 18.2 Å². The molecule has 9 heteroatoms. The van der Waals surface area contributed by atoms with Gasteiger partial charge in [-0.3, -0.25) is 4.79 Å². The molecule has 0 unspecified atom stereocenters. The van der Waals surface area contributed by atoms with Gasteiger partial charge in [-0.25, -0.2) is 9.97 Å². The van der Waals surface area contributed by atoms with Crippen molar-refractivity contribution in [1.29, 1.82) is 0 Å². The summed E-state index contributed by atoms with van der Waals surface area (Å²) in [5, 5.41) is 0.942. The van der Waals surface area contributed by atoms with Crippen LogP contribution in [-0.4, -0.2) is 46.1 Å². The third-order valence-electron chi connectivity index (χ3n) is 3.83. The molecule has 0 atom stereocenters. The van der Waals surface area contributed by atoms with Crippen LogP contribution < -0.4 is 4.74 Å². The van der Waals surface area contributed by atoms with Gasteiger partial charge in [0.05, 0.1) is 5.52 Å².